The van der Waals surface area contributed by atoms with Gasteiger partial charge in [0.05, 0.1) is 0 Å². The van der Waals surface area contributed by atoms with Crippen LogP contribution in [0.15, 0.2) is 65.4 Å². The van der Waals surface area contributed by atoms with Crippen molar-refractivity contribution >= 4 is 10.8 Å². The van der Waals surface area contributed by atoms with Crippen LogP contribution in [0, 0.1) is 6.92 Å². The van der Waals surface area contributed by atoms with Crippen LogP contribution in [0.1, 0.15) is 17.0 Å². The lowest BCUT2D eigenvalue weighted by Crippen LogP contribution is -1.93. The molecule has 0 fully saturated rings. The van der Waals surface area contributed by atoms with Gasteiger partial charge in [0.1, 0.15) is 0 Å². The molecule has 0 amide bonds. The Hall–Kier alpha value is -3.01. The molecular weight excluding hydrogens is 298 g/mol. The number of hydrogen-bond donors (Lipinski definition) is 0. The van der Waals surface area contributed by atoms with E-state index in [-0.39, 0.29) is 0 Å². The summed E-state index contributed by atoms with van der Waals surface area (Å²) in [5.41, 5.74) is 3.32. The largest absolute Gasteiger partial charge is 0.339 e. The van der Waals surface area contributed by atoms with Crippen molar-refractivity contribution in [1.29, 1.82) is 0 Å². The van der Waals surface area contributed by atoms with Crippen LogP contribution in [0.3, 0.4) is 0 Å². The number of fused-ring (bicyclic) bond motifs is 1. The molecule has 4 nitrogen and oxygen atoms in total. The van der Waals surface area contributed by atoms with Crippen LogP contribution in [-0.2, 0) is 12.8 Å². The first-order valence-corrected chi connectivity index (χ1v) is 8.00. The summed E-state index contributed by atoms with van der Waals surface area (Å²) in [6.45, 7) is 2.04. The van der Waals surface area contributed by atoms with E-state index in [1.165, 1.54) is 16.3 Å². The van der Waals surface area contributed by atoms with Crippen LogP contribution in [0.2, 0.25) is 0 Å². The Kier molecular flexibility index (Phi) is 3.79. The second-order valence-electron chi connectivity index (χ2n) is 5.94. The molecule has 4 aromatic rings. The Morgan fingerprint density at radius 2 is 1.79 bits per heavy atom. The Labute approximate surface area is 140 Å². The van der Waals surface area contributed by atoms with Crippen molar-refractivity contribution in [3.05, 3.63) is 77.9 Å². The smallest absolute Gasteiger partial charge is 0.227 e. The van der Waals surface area contributed by atoms with Gasteiger partial charge in [-0.15, -0.1) is 0 Å². The van der Waals surface area contributed by atoms with Gasteiger partial charge in [0.15, 0.2) is 0 Å². The maximum atomic E-state index is 5.40. The molecule has 2 heterocycles. The molecular formula is C20H17N3O. The molecule has 24 heavy (non-hydrogen) atoms. The fourth-order valence-corrected chi connectivity index (χ4v) is 2.81. The summed E-state index contributed by atoms with van der Waals surface area (Å²) in [7, 11) is 0. The quantitative estimate of drug-likeness (QED) is 0.561. The van der Waals surface area contributed by atoms with Gasteiger partial charge in [0.25, 0.3) is 0 Å². The molecule has 0 saturated heterocycles. The molecule has 0 unspecified atom stereocenters. The third kappa shape index (κ3) is 3.04. The number of hydrogen-bond acceptors (Lipinski definition) is 4. The Morgan fingerprint density at radius 3 is 2.67 bits per heavy atom. The molecule has 0 saturated carbocycles. The highest BCUT2D eigenvalue weighted by molar-refractivity contribution is 5.86. The van der Waals surface area contributed by atoms with E-state index >= 15 is 0 Å². The van der Waals surface area contributed by atoms with Crippen LogP contribution < -0.4 is 0 Å². The van der Waals surface area contributed by atoms with Gasteiger partial charge in [0, 0.05) is 24.4 Å². The molecule has 4 rings (SSSR count). The Balaban J connectivity index is 1.53. The van der Waals surface area contributed by atoms with E-state index in [0.717, 1.165) is 17.5 Å². The summed E-state index contributed by atoms with van der Waals surface area (Å²) in [6, 6.07) is 16.6. The first-order chi connectivity index (χ1) is 11.8. The Bertz CT molecular complexity index is 991. The van der Waals surface area contributed by atoms with E-state index in [1.807, 2.05) is 37.5 Å². The minimum absolute atomic E-state index is 0.637. The summed E-state index contributed by atoms with van der Waals surface area (Å²) in [5.74, 6) is 1.29. The van der Waals surface area contributed by atoms with Crippen molar-refractivity contribution in [2.24, 2.45) is 0 Å². The minimum atomic E-state index is 0.637. The summed E-state index contributed by atoms with van der Waals surface area (Å²) < 4.78 is 5.40. The van der Waals surface area contributed by atoms with Crippen LogP contribution in [0.25, 0.3) is 22.2 Å². The molecule has 0 aliphatic heterocycles. The Morgan fingerprint density at radius 1 is 0.917 bits per heavy atom. The highest BCUT2D eigenvalue weighted by Gasteiger charge is 2.09. The number of benzene rings is 2. The predicted octanol–water partition coefficient (Wildman–Crippen LogP) is 4.38. The third-order valence-electron chi connectivity index (χ3n) is 4.03. The second-order valence-corrected chi connectivity index (χ2v) is 5.94. The van der Waals surface area contributed by atoms with Gasteiger partial charge in [-0.1, -0.05) is 47.6 Å². The van der Waals surface area contributed by atoms with Crippen LogP contribution in [-0.4, -0.2) is 15.1 Å². The molecule has 0 bridgehead atoms. The molecule has 0 aliphatic rings. The van der Waals surface area contributed by atoms with Gasteiger partial charge in [0.2, 0.25) is 11.7 Å². The average molecular weight is 315 g/mol. The SMILES string of the molecule is Cc1cncc(CCc2nc(-c3ccc4ccccc4c3)no2)c1. The third-order valence-corrected chi connectivity index (χ3v) is 4.03. The molecule has 0 aliphatic carbocycles. The fraction of sp³-hybridized carbons (Fsp3) is 0.150. The lowest BCUT2D eigenvalue weighted by molar-refractivity contribution is 0.379. The standard InChI is InChI=1S/C20H17N3O/c1-14-10-15(13-21-12-14)6-9-19-22-20(23-24-19)18-8-7-16-4-2-3-5-17(16)11-18/h2-5,7-8,10-13H,6,9H2,1H3. The normalized spacial score (nSPS) is 11.0. The topological polar surface area (TPSA) is 51.8 Å². The van der Waals surface area contributed by atoms with Gasteiger partial charge in [-0.05, 0) is 41.3 Å². The first kappa shape index (κ1) is 14.6. The summed E-state index contributed by atoms with van der Waals surface area (Å²) >= 11 is 0. The number of nitrogens with zero attached hydrogens (tertiary/aromatic N) is 3. The molecule has 0 atom stereocenters. The zero-order valence-corrected chi connectivity index (χ0v) is 13.4. The number of rotatable bonds is 4. The molecule has 2 aromatic heterocycles. The van der Waals surface area contributed by atoms with Crippen molar-refractivity contribution in [3.8, 4) is 11.4 Å². The lowest BCUT2D eigenvalue weighted by atomic mass is 10.1. The van der Waals surface area contributed by atoms with Crippen LogP contribution in [0.4, 0.5) is 0 Å². The van der Waals surface area contributed by atoms with Gasteiger partial charge >= 0.3 is 0 Å². The maximum Gasteiger partial charge on any atom is 0.227 e. The molecule has 2 aromatic carbocycles. The van der Waals surface area contributed by atoms with Crippen molar-refractivity contribution < 1.29 is 4.52 Å². The summed E-state index contributed by atoms with van der Waals surface area (Å²) in [4.78, 5) is 8.74. The first-order valence-electron chi connectivity index (χ1n) is 8.00. The van der Waals surface area contributed by atoms with Gasteiger partial charge in [-0.2, -0.15) is 4.98 Å². The second kappa shape index (κ2) is 6.24. The molecule has 0 spiro atoms. The van der Waals surface area contributed by atoms with Gasteiger partial charge in [-0.3, -0.25) is 4.98 Å². The van der Waals surface area contributed by atoms with E-state index in [2.05, 4.69) is 45.5 Å². The predicted molar refractivity (Wildman–Crippen MR) is 93.6 cm³/mol. The van der Waals surface area contributed by atoms with E-state index in [1.54, 1.807) is 0 Å². The maximum absolute atomic E-state index is 5.40. The van der Waals surface area contributed by atoms with E-state index in [4.69, 9.17) is 4.52 Å². The van der Waals surface area contributed by atoms with Crippen LogP contribution >= 0.6 is 0 Å². The fourth-order valence-electron chi connectivity index (χ4n) is 2.81. The van der Waals surface area contributed by atoms with Crippen molar-refractivity contribution in [2.45, 2.75) is 19.8 Å². The molecule has 118 valence electrons. The van der Waals surface area contributed by atoms with Crippen molar-refractivity contribution in [3.63, 3.8) is 0 Å². The monoisotopic (exact) mass is 315 g/mol. The summed E-state index contributed by atoms with van der Waals surface area (Å²) in [5, 5.41) is 6.50. The number of aryl methyl sites for hydroxylation is 3. The molecule has 4 heteroatoms. The highest BCUT2D eigenvalue weighted by Crippen LogP contribution is 2.22. The zero-order chi connectivity index (χ0) is 16.4. The van der Waals surface area contributed by atoms with E-state index < -0.39 is 0 Å². The lowest BCUT2D eigenvalue weighted by Gasteiger charge is -1.99. The van der Waals surface area contributed by atoms with Crippen molar-refractivity contribution in [1.82, 2.24) is 15.1 Å². The zero-order valence-electron chi connectivity index (χ0n) is 13.4. The van der Waals surface area contributed by atoms with E-state index in [0.29, 0.717) is 18.1 Å². The van der Waals surface area contributed by atoms with Crippen molar-refractivity contribution in [2.75, 3.05) is 0 Å². The molecule has 0 N–H and O–H groups in total. The number of aromatic nitrogens is 3. The highest BCUT2D eigenvalue weighted by atomic mass is 16.5. The number of pyridine rings is 1. The van der Waals surface area contributed by atoms with Gasteiger partial charge in [-0.25, -0.2) is 0 Å². The minimum Gasteiger partial charge on any atom is -0.339 e. The van der Waals surface area contributed by atoms with Gasteiger partial charge < -0.3 is 4.52 Å². The van der Waals surface area contributed by atoms with Crippen LogP contribution in [0.5, 0.6) is 0 Å². The average Bonchev–Trinajstić information content (AvgIpc) is 3.09. The summed E-state index contributed by atoms with van der Waals surface area (Å²) in [6.07, 6.45) is 5.29. The van der Waals surface area contributed by atoms with E-state index in [9.17, 15) is 0 Å². The molecule has 0 radical (unpaired) electrons.